The zero-order chi connectivity index (χ0) is 21.3. The fourth-order valence-corrected chi connectivity index (χ4v) is 5.33. The molecule has 2 atom stereocenters. The van der Waals surface area contributed by atoms with Crippen LogP contribution in [0.4, 0.5) is 0 Å². The number of sulfonamides is 2. The molecule has 1 unspecified atom stereocenters. The van der Waals surface area contributed by atoms with Crippen LogP contribution in [0.5, 0.6) is 0 Å². The van der Waals surface area contributed by atoms with Gasteiger partial charge in [-0.3, -0.25) is 0 Å². The van der Waals surface area contributed by atoms with Gasteiger partial charge in [-0.15, -0.1) is 0 Å². The highest BCUT2D eigenvalue weighted by Gasteiger charge is 2.27. The van der Waals surface area contributed by atoms with E-state index in [4.69, 9.17) is 0 Å². The molecular formula is C20H30N2O4S2. The molecule has 0 aliphatic heterocycles. The number of aryl methyl sites for hydroxylation is 2. The summed E-state index contributed by atoms with van der Waals surface area (Å²) >= 11 is 0. The normalized spacial score (nSPS) is 20.6. The van der Waals surface area contributed by atoms with Gasteiger partial charge in [0.25, 0.3) is 0 Å². The maximum atomic E-state index is 12.9. The average Bonchev–Trinajstić information content (AvgIpc) is 2.62. The molecule has 28 heavy (non-hydrogen) atoms. The van der Waals surface area contributed by atoms with Crippen LogP contribution in [0.25, 0.3) is 0 Å². The summed E-state index contributed by atoms with van der Waals surface area (Å²) in [6, 6.07) is 5.13. The number of hydrogen-bond donors (Lipinski definition) is 0. The summed E-state index contributed by atoms with van der Waals surface area (Å²) in [5.74, 6) is 0.0889. The Labute approximate surface area is 169 Å². The molecule has 1 aromatic rings. The summed E-state index contributed by atoms with van der Waals surface area (Å²) in [5, 5.41) is 0. The first-order chi connectivity index (χ1) is 12.9. The number of hydrogen-bond acceptors (Lipinski definition) is 4. The van der Waals surface area contributed by atoms with Gasteiger partial charge in [-0.25, -0.2) is 25.4 Å². The second kappa shape index (κ2) is 8.49. The number of rotatable bonds is 7. The zero-order valence-corrected chi connectivity index (χ0v) is 19.0. The third-order valence-corrected chi connectivity index (χ3v) is 9.04. The van der Waals surface area contributed by atoms with Gasteiger partial charge in [0.15, 0.2) is 0 Å². The maximum absolute atomic E-state index is 12.9. The number of benzene rings is 1. The van der Waals surface area contributed by atoms with E-state index in [0.717, 1.165) is 11.1 Å². The monoisotopic (exact) mass is 426 g/mol. The van der Waals surface area contributed by atoms with E-state index in [2.05, 4.69) is 0 Å². The zero-order valence-electron chi connectivity index (χ0n) is 17.4. The summed E-state index contributed by atoms with van der Waals surface area (Å²) in [6.45, 7) is 6.15. The SMILES string of the molecule is Cc1ccc(S(=O)(=O)N(C)CCC2C=C(S(=O)(=O)N(C)C)C=C[C@@H]2C)cc1C. The van der Waals surface area contributed by atoms with Crippen molar-refractivity contribution in [2.24, 2.45) is 11.8 Å². The Hall–Kier alpha value is -1.48. The number of allylic oxidation sites excluding steroid dienone is 3. The van der Waals surface area contributed by atoms with Crippen LogP contribution in [0.2, 0.25) is 0 Å². The smallest absolute Gasteiger partial charge is 0.207 e. The van der Waals surface area contributed by atoms with E-state index >= 15 is 0 Å². The van der Waals surface area contributed by atoms with Crippen LogP contribution >= 0.6 is 0 Å². The minimum absolute atomic E-state index is 0.0490. The van der Waals surface area contributed by atoms with E-state index in [-0.39, 0.29) is 21.6 Å². The van der Waals surface area contributed by atoms with Crippen molar-refractivity contribution in [1.82, 2.24) is 8.61 Å². The first-order valence-corrected chi connectivity index (χ1v) is 12.1. The van der Waals surface area contributed by atoms with Crippen LogP contribution < -0.4 is 0 Å². The predicted octanol–water partition coefficient (Wildman–Crippen LogP) is 2.91. The van der Waals surface area contributed by atoms with Crippen LogP contribution in [0, 0.1) is 25.7 Å². The highest BCUT2D eigenvalue weighted by atomic mass is 32.2. The average molecular weight is 427 g/mol. The van der Waals surface area contributed by atoms with Crippen molar-refractivity contribution in [2.75, 3.05) is 27.7 Å². The van der Waals surface area contributed by atoms with Crippen molar-refractivity contribution < 1.29 is 16.8 Å². The Morgan fingerprint density at radius 3 is 2.18 bits per heavy atom. The highest BCUT2D eigenvalue weighted by molar-refractivity contribution is 7.93. The number of nitrogens with zero attached hydrogens (tertiary/aromatic N) is 2. The largest absolute Gasteiger partial charge is 0.242 e. The molecule has 0 radical (unpaired) electrons. The molecule has 0 saturated carbocycles. The van der Waals surface area contributed by atoms with Gasteiger partial charge in [0.05, 0.1) is 9.80 Å². The molecule has 156 valence electrons. The van der Waals surface area contributed by atoms with Gasteiger partial charge < -0.3 is 0 Å². The molecular weight excluding hydrogens is 396 g/mol. The molecule has 1 aliphatic carbocycles. The Morgan fingerprint density at radius 2 is 1.61 bits per heavy atom. The Bertz CT molecular complexity index is 993. The van der Waals surface area contributed by atoms with Crippen molar-refractivity contribution in [3.05, 3.63) is 52.5 Å². The molecule has 1 aliphatic rings. The fraction of sp³-hybridized carbons (Fsp3) is 0.500. The molecule has 0 bridgehead atoms. The van der Waals surface area contributed by atoms with E-state index < -0.39 is 20.0 Å². The molecule has 0 saturated heterocycles. The Kier molecular flexibility index (Phi) is 6.91. The second-order valence-electron chi connectivity index (χ2n) is 7.60. The Morgan fingerprint density at radius 1 is 0.964 bits per heavy atom. The standard InChI is InChI=1S/C20H30N2O4S2/c1-15-7-9-19(13-17(15)3)28(25,26)22(6)12-11-18-14-20(10-8-16(18)2)27(23,24)21(4)5/h7-10,13-14,16,18H,11-12H2,1-6H3/t16-,18?/m0/s1. The lowest BCUT2D eigenvalue weighted by molar-refractivity contribution is 0.394. The lowest BCUT2D eigenvalue weighted by Gasteiger charge is -2.26. The molecule has 0 heterocycles. The molecule has 0 N–H and O–H groups in total. The fourth-order valence-electron chi connectivity index (χ4n) is 3.04. The lowest BCUT2D eigenvalue weighted by Crippen LogP contribution is -2.30. The van der Waals surface area contributed by atoms with Gasteiger partial charge in [-0.2, -0.15) is 0 Å². The topological polar surface area (TPSA) is 74.8 Å². The first-order valence-electron chi connectivity index (χ1n) is 9.23. The molecule has 0 fully saturated rings. The van der Waals surface area contributed by atoms with Gasteiger partial charge in [0.1, 0.15) is 0 Å². The summed E-state index contributed by atoms with van der Waals surface area (Å²) < 4.78 is 53.0. The molecule has 2 rings (SSSR count). The van der Waals surface area contributed by atoms with E-state index in [1.807, 2.05) is 32.9 Å². The van der Waals surface area contributed by atoms with E-state index in [1.54, 1.807) is 31.3 Å². The maximum Gasteiger partial charge on any atom is 0.242 e. The molecule has 1 aromatic carbocycles. The molecule has 6 nitrogen and oxygen atoms in total. The van der Waals surface area contributed by atoms with Crippen molar-refractivity contribution >= 4 is 20.0 Å². The third-order valence-electron chi connectivity index (χ3n) is 5.36. The lowest BCUT2D eigenvalue weighted by atomic mass is 9.87. The minimum atomic E-state index is -3.58. The van der Waals surface area contributed by atoms with E-state index in [0.29, 0.717) is 13.0 Å². The summed E-state index contributed by atoms with van der Waals surface area (Å²) in [4.78, 5) is 0.543. The highest BCUT2D eigenvalue weighted by Crippen LogP contribution is 2.29. The minimum Gasteiger partial charge on any atom is -0.207 e. The van der Waals surface area contributed by atoms with E-state index in [1.165, 1.54) is 22.7 Å². The summed E-state index contributed by atoms with van der Waals surface area (Å²) in [5.41, 5.74) is 1.98. The van der Waals surface area contributed by atoms with Gasteiger partial charge in [0.2, 0.25) is 20.0 Å². The first kappa shape index (κ1) is 22.8. The van der Waals surface area contributed by atoms with Crippen LogP contribution in [-0.2, 0) is 20.0 Å². The summed E-state index contributed by atoms with van der Waals surface area (Å²) in [7, 11) is -2.52. The van der Waals surface area contributed by atoms with Crippen LogP contribution in [0.15, 0.2) is 46.2 Å². The second-order valence-corrected chi connectivity index (χ2v) is 11.8. The summed E-state index contributed by atoms with van der Waals surface area (Å²) in [6.07, 6.45) is 5.79. The van der Waals surface area contributed by atoms with Gasteiger partial charge in [-0.05, 0) is 61.4 Å². The Balaban J connectivity index is 2.16. The van der Waals surface area contributed by atoms with Gasteiger partial charge >= 0.3 is 0 Å². The molecule has 0 aromatic heterocycles. The quantitative estimate of drug-likeness (QED) is 0.672. The van der Waals surface area contributed by atoms with Crippen LogP contribution in [-0.4, -0.2) is 53.1 Å². The van der Waals surface area contributed by atoms with Crippen molar-refractivity contribution in [3.63, 3.8) is 0 Å². The van der Waals surface area contributed by atoms with Crippen LogP contribution in [0.3, 0.4) is 0 Å². The third kappa shape index (κ3) is 4.74. The van der Waals surface area contributed by atoms with Crippen LogP contribution in [0.1, 0.15) is 24.5 Å². The van der Waals surface area contributed by atoms with Gasteiger partial charge in [0, 0.05) is 27.7 Å². The molecule has 8 heteroatoms. The molecule has 0 amide bonds. The predicted molar refractivity (Wildman–Crippen MR) is 113 cm³/mol. The molecule has 0 spiro atoms. The van der Waals surface area contributed by atoms with Crippen molar-refractivity contribution in [1.29, 1.82) is 0 Å². The van der Waals surface area contributed by atoms with Gasteiger partial charge in [-0.1, -0.05) is 25.1 Å². The van der Waals surface area contributed by atoms with Crippen molar-refractivity contribution in [2.45, 2.75) is 32.1 Å². The van der Waals surface area contributed by atoms with Crippen molar-refractivity contribution in [3.8, 4) is 0 Å². The van der Waals surface area contributed by atoms with E-state index in [9.17, 15) is 16.8 Å².